The number of nitrogens with one attached hydrogen (secondary N) is 1. The summed E-state index contributed by atoms with van der Waals surface area (Å²) in [7, 11) is -2.39. The third kappa shape index (κ3) is 5.31. The quantitative estimate of drug-likeness (QED) is 0.551. The number of hydrogen-bond acceptors (Lipinski definition) is 3. The highest BCUT2D eigenvalue weighted by Gasteiger charge is 2.24. The van der Waals surface area contributed by atoms with Crippen molar-refractivity contribution in [2.45, 2.75) is 24.4 Å². The fourth-order valence-electron chi connectivity index (χ4n) is 3.12. The molecule has 0 saturated heterocycles. The SMILES string of the molecule is CC(NC(=O)c1cc(S(=O)(=O)N(C)Cc2ccccc2)ccc1Cl)c1ccccc1F. The molecule has 0 bridgehead atoms. The van der Waals surface area contributed by atoms with Gasteiger partial charge in [-0.25, -0.2) is 12.8 Å². The summed E-state index contributed by atoms with van der Waals surface area (Å²) < 4.78 is 41.2. The first-order chi connectivity index (χ1) is 14.7. The van der Waals surface area contributed by atoms with Crippen LogP contribution < -0.4 is 5.32 Å². The molecule has 3 aromatic rings. The van der Waals surface area contributed by atoms with E-state index in [1.165, 1.54) is 35.6 Å². The molecule has 0 aliphatic rings. The molecule has 1 atom stereocenters. The van der Waals surface area contributed by atoms with E-state index in [0.717, 1.165) is 5.56 Å². The Kier molecular flexibility index (Phi) is 7.10. The summed E-state index contributed by atoms with van der Waals surface area (Å²) in [4.78, 5) is 12.7. The van der Waals surface area contributed by atoms with Gasteiger partial charge in [0, 0.05) is 19.2 Å². The molecule has 0 heterocycles. The van der Waals surface area contributed by atoms with E-state index in [4.69, 9.17) is 11.6 Å². The molecule has 0 saturated carbocycles. The van der Waals surface area contributed by atoms with E-state index in [1.54, 1.807) is 25.1 Å². The number of halogens is 2. The zero-order valence-corrected chi connectivity index (χ0v) is 18.6. The normalized spacial score (nSPS) is 12.5. The number of sulfonamides is 1. The number of nitrogens with zero attached hydrogens (tertiary/aromatic N) is 1. The highest BCUT2D eigenvalue weighted by Crippen LogP contribution is 2.25. The number of carbonyl (C=O) groups is 1. The minimum Gasteiger partial charge on any atom is -0.345 e. The lowest BCUT2D eigenvalue weighted by Crippen LogP contribution is -2.29. The smallest absolute Gasteiger partial charge is 0.253 e. The Morgan fingerprint density at radius 2 is 1.71 bits per heavy atom. The van der Waals surface area contributed by atoms with E-state index in [1.807, 2.05) is 30.3 Å². The van der Waals surface area contributed by atoms with Gasteiger partial charge in [-0.05, 0) is 36.8 Å². The van der Waals surface area contributed by atoms with Crippen LogP contribution in [0.4, 0.5) is 4.39 Å². The van der Waals surface area contributed by atoms with Gasteiger partial charge >= 0.3 is 0 Å². The molecule has 162 valence electrons. The molecule has 0 spiro atoms. The van der Waals surface area contributed by atoms with Crippen LogP contribution in [0, 0.1) is 5.82 Å². The number of carbonyl (C=O) groups excluding carboxylic acids is 1. The molecule has 1 unspecified atom stereocenters. The first-order valence-corrected chi connectivity index (χ1v) is 11.4. The Balaban J connectivity index is 1.83. The van der Waals surface area contributed by atoms with E-state index in [0.29, 0.717) is 5.56 Å². The highest BCUT2D eigenvalue weighted by molar-refractivity contribution is 7.89. The second kappa shape index (κ2) is 9.60. The van der Waals surface area contributed by atoms with Gasteiger partial charge in [0.15, 0.2) is 0 Å². The standard InChI is InChI=1S/C23H22ClFN2O3S/c1-16(19-10-6-7-11-22(19)25)26-23(28)20-14-18(12-13-21(20)24)31(29,30)27(2)15-17-8-4-3-5-9-17/h3-14,16H,15H2,1-2H3,(H,26,28). The molecule has 0 aliphatic carbocycles. The van der Waals surface area contributed by atoms with Gasteiger partial charge in [-0.3, -0.25) is 4.79 Å². The monoisotopic (exact) mass is 460 g/mol. The van der Waals surface area contributed by atoms with Crippen molar-refractivity contribution in [1.82, 2.24) is 9.62 Å². The van der Waals surface area contributed by atoms with Crippen LogP contribution in [0.15, 0.2) is 77.7 Å². The molecule has 1 amide bonds. The van der Waals surface area contributed by atoms with Crippen molar-refractivity contribution in [3.8, 4) is 0 Å². The van der Waals surface area contributed by atoms with Crippen LogP contribution in [0.2, 0.25) is 5.02 Å². The van der Waals surface area contributed by atoms with Crippen molar-refractivity contribution in [2.24, 2.45) is 0 Å². The van der Waals surface area contributed by atoms with E-state index in [9.17, 15) is 17.6 Å². The predicted octanol–water partition coefficient (Wildman–Crippen LogP) is 4.79. The van der Waals surface area contributed by atoms with Gasteiger partial charge in [-0.2, -0.15) is 4.31 Å². The second-order valence-corrected chi connectivity index (χ2v) is 9.56. The molecule has 0 radical (unpaired) electrons. The molecule has 0 aromatic heterocycles. The predicted molar refractivity (Wildman–Crippen MR) is 119 cm³/mol. The Morgan fingerprint density at radius 3 is 2.39 bits per heavy atom. The van der Waals surface area contributed by atoms with Crippen molar-refractivity contribution in [1.29, 1.82) is 0 Å². The van der Waals surface area contributed by atoms with E-state index in [2.05, 4.69) is 5.32 Å². The van der Waals surface area contributed by atoms with Crippen LogP contribution in [0.5, 0.6) is 0 Å². The number of amides is 1. The third-order valence-corrected chi connectivity index (χ3v) is 6.99. The average molecular weight is 461 g/mol. The van der Waals surface area contributed by atoms with Gasteiger partial charge in [0.05, 0.1) is 21.5 Å². The third-order valence-electron chi connectivity index (χ3n) is 4.86. The van der Waals surface area contributed by atoms with Crippen molar-refractivity contribution in [3.05, 3.63) is 100 Å². The van der Waals surface area contributed by atoms with Crippen LogP contribution in [-0.2, 0) is 16.6 Å². The fraction of sp³-hybridized carbons (Fsp3) is 0.174. The van der Waals surface area contributed by atoms with E-state index >= 15 is 0 Å². The topological polar surface area (TPSA) is 66.5 Å². The number of benzene rings is 3. The van der Waals surface area contributed by atoms with Crippen molar-refractivity contribution in [3.63, 3.8) is 0 Å². The van der Waals surface area contributed by atoms with Crippen molar-refractivity contribution < 1.29 is 17.6 Å². The zero-order valence-electron chi connectivity index (χ0n) is 17.0. The van der Waals surface area contributed by atoms with E-state index in [-0.39, 0.29) is 22.0 Å². The Hall–Kier alpha value is -2.74. The number of rotatable bonds is 7. The van der Waals surface area contributed by atoms with Gasteiger partial charge in [-0.1, -0.05) is 60.1 Å². The molecular formula is C23H22ClFN2O3S. The lowest BCUT2D eigenvalue weighted by atomic mass is 10.1. The lowest BCUT2D eigenvalue weighted by Gasteiger charge is -2.19. The maximum atomic E-state index is 14.0. The largest absolute Gasteiger partial charge is 0.345 e. The summed E-state index contributed by atoms with van der Waals surface area (Å²) in [6.45, 7) is 1.82. The van der Waals surface area contributed by atoms with E-state index < -0.39 is 27.8 Å². The molecule has 31 heavy (non-hydrogen) atoms. The van der Waals surface area contributed by atoms with Gasteiger partial charge in [0.2, 0.25) is 10.0 Å². The van der Waals surface area contributed by atoms with Crippen LogP contribution in [-0.4, -0.2) is 25.7 Å². The summed E-state index contributed by atoms with van der Waals surface area (Å²) in [5, 5.41) is 2.77. The van der Waals surface area contributed by atoms with Crippen LogP contribution in [0.3, 0.4) is 0 Å². The molecule has 3 aromatic carbocycles. The minimum absolute atomic E-state index is 0.000887. The second-order valence-electron chi connectivity index (χ2n) is 7.10. The van der Waals surface area contributed by atoms with Gasteiger partial charge in [0.1, 0.15) is 5.82 Å². The maximum absolute atomic E-state index is 14.0. The molecule has 5 nitrogen and oxygen atoms in total. The molecule has 0 aliphatic heterocycles. The molecular weight excluding hydrogens is 439 g/mol. The first kappa shape index (κ1) is 22.9. The molecule has 3 rings (SSSR count). The van der Waals surface area contributed by atoms with Gasteiger partial charge < -0.3 is 5.32 Å². The van der Waals surface area contributed by atoms with Crippen LogP contribution >= 0.6 is 11.6 Å². The van der Waals surface area contributed by atoms with Crippen LogP contribution in [0.1, 0.15) is 34.5 Å². The maximum Gasteiger partial charge on any atom is 0.253 e. The Morgan fingerprint density at radius 1 is 1.06 bits per heavy atom. The highest BCUT2D eigenvalue weighted by atomic mass is 35.5. The average Bonchev–Trinajstić information content (AvgIpc) is 2.74. The van der Waals surface area contributed by atoms with Gasteiger partial charge in [0.25, 0.3) is 5.91 Å². The zero-order chi connectivity index (χ0) is 22.6. The summed E-state index contributed by atoms with van der Waals surface area (Å²) in [6.07, 6.45) is 0. The number of hydrogen-bond donors (Lipinski definition) is 1. The Labute approximate surface area is 186 Å². The molecule has 0 fully saturated rings. The molecule has 1 N–H and O–H groups in total. The summed E-state index contributed by atoms with van der Waals surface area (Å²) >= 11 is 6.17. The minimum atomic E-state index is -3.86. The summed E-state index contributed by atoms with van der Waals surface area (Å²) in [6, 6.07) is 18.6. The van der Waals surface area contributed by atoms with Crippen molar-refractivity contribution >= 4 is 27.5 Å². The molecule has 8 heteroatoms. The van der Waals surface area contributed by atoms with Gasteiger partial charge in [-0.15, -0.1) is 0 Å². The first-order valence-electron chi connectivity index (χ1n) is 9.55. The fourth-order valence-corrected chi connectivity index (χ4v) is 4.51. The van der Waals surface area contributed by atoms with Crippen LogP contribution in [0.25, 0.3) is 0 Å². The summed E-state index contributed by atoms with van der Waals surface area (Å²) in [5.41, 5.74) is 1.15. The van der Waals surface area contributed by atoms with Crippen molar-refractivity contribution in [2.75, 3.05) is 7.05 Å². The Bertz CT molecular complexity index is 1190. The lowest BCUT2D eigenvalue weighted by molar-refractivity contribution is 0.0939. The summed E-state index contributed by atoms with van der Waals surface area (Å²) in [5.74, 6) is -1.04.